The predicted molar refractivity (Wildman–Crippen MR) is 49.2 cm³/mol. The van der Waals surface area contributed by atoms with E-state index >= 15 is 0 Å². The van der Waals surface area contributed by atoms with Gasteiger partial charge in [-0.15, -0.1) is 0 Å². The molecule has 0 saturated heterocycles. The Kier molecular flexibility index (Phi) is 3.50. The maximum absolute atomic E-state index is 9.31. The second-order valence-corrected chi connectivity index (χ2v) is 3.17. The zero-order chi connectivity index (χ0) is 8.97. The molecule has 1 aromatic rings. The van der Waals surface area contributed by atoms with Gasteiger partial charge in [-0.1, -0.05) is 18.5 Å². The van der Waals surface area contributed by atoms with Crippen molar-refractivity contribution in [3.63, 3.8) is 0 Å². The van der Waals surface area contributed by atoms with Gasteiger partial charge in [0.1, 0.15) is 0 Å². The summed E-state index contributed by atoms with van der Waals surface area (Å²) in [7, 11) is 0. The number of aliphatic hydroxyl groups excluding tert-OH is 1. The average molecular weight is 186 g/mol. The van der Waals surface area contributed by atoms with Gasteiger partial charge >= 0.3 is 0 Å². The second kappa shape index (κ2) is 4.43. The van der Waals surface area contributed by atoms with Gasteiger partial charge in [-0.25, -0.2) is 0 Å². The van der Waals surface area contributed by atoms with Gasteiger partial charge in [0.2, 0.25) is 0 Å². The minimum Gasteiger partial charge on any atom is -0.393 e. The normalized spacial score (nSPS) is 12.9. The van der Waals surface area contributed by atoms with Crippen molar-refractivity contribution in [2.24, 2.45) is 0 Å². The van der Waals surface area contributed by atoms with Crippen LogP contribution in [0.15, 0.2) is 18.3 Å². The Morgan fingerprint density at radius 3 is 2.83 bits per heavy atom. The minimum absolute atomic E-state index is 0.293. The van der Waals surface area contributed by atoms with E-state index in [0.717, 1.165) is 12.1 Å². The van der Waals surface area contributed by atoms with Gasteiger partial charge in [0, 0.05) is 18.3 Å². The lowest BCUT2D eigenvalue weighted by molar-refractivity contribution is 0.169. The highest BCUT2D eigenvalue weighted by atomic mass is 35.5. The molecule has 1 atom stereocenters. The van der Waals surface area contributed by atoms with E-state index in [1.165, 1.54) is 0 Å². The first kappa shape index (κ1) is 9.49. The molecule has 0 amide bonds. The van der Waals surface area contributed by atoms with E-state index in [2.05, 4.69) is 4.98 Å². The number of hydrogen-bond donors (Lipinski definition) is 1. The van der Waals surface area contributed by atoms with Crippen LogP contribution in [0.2, 0.25) is 5.02 Å². The topological polar surface area (TPSA) is 33.1 Å². The van der Waals surface area contributed by atoms with Gasteiger partial charge in [0.05, 0.1) is 11.1 Å². The largest absolute Gasteiger partial charge is 0.393 e. The van der Waals surface area contributed by atoms with Gasteiger partial charge in [-0.2, -0.15) is 0 Å². The van der Waals surface area contributed by atoms with Crippen LogP contribution in [0.25, 0.3) is 0 Å². The molecule has 0 spiro atoms. The molecule has 0 aromatic carbocycles. The molecule has 1 N–H and O–H groups in total. The number of aliphatic hydroxyl groups is 1. The maximum atomic E-state index is 9.31. The van der Waals surface area contributed by atoms with Crippen molar-refractivity contribution >= 4 is 11.6 Å². The second-order valence-electron chi connectivity index (χ2n) is 2.73. The lowest BCUT2D eigenvalue weighted by atomic mass is 10.1. The van der Waals surface area contributed by atoms with Crippen LogP contribution in [0, 0.1) is 0 Å². The van der Waals surface area contributed by atoms with Crippen LogP contribution in [-0.2, 0) is 6.42 Å². The lowest BCUT2D eigenvalue weighted by Gasteiger charge is -2.05. The summed E-state index contributed by atoms with van der Waals surface area (Å²) in [6.07, 6.45) is 2.66. The van der Waals surface area contributed by atoms with E-state index in [-0.39, 0.29) is 6.10 Å². The Balaban J connectivity index is 2.58. The van der Waals surface area contributed by atoms with Crippen LogP contribution in [-0.4, -0.2) is 16.2 Å². The Morgan fingerprint density at radius 1 is 1.58 bits per heavy atom. The van der Waals surface area contributed by atoms with E-state index in [0.29, 0.717) is 11.4 Å². The molecule has 3 heteroatoms. The van der Waals surface area contributed by atoms with Crippen molar-refractivity contribution in [1.82, 2.24) is 4.98 Å². The van der Waals surface area contributed by atoms with E-state index in [9.17, 15) is 5.11 Å². The standard InChI is InChI=1S/C9H12ClNO/c1-2-9(12)5-8-4-3-7(10)6-11-8/h3-4,6,9,12H,2,5H2,1H3. The molecule has 0 saturated carbocycles. The molecule has 1 rings (SSSR count). The molecule has 1 aromatic heterocycles. The van der Waals surface area contributed by atoms with Crippen molar-refractivity contribution in [1.29, 1.82) is 0 Å². The first-order valence-electron chi connectivity index (χ1n) is 4.01. The summed E-state index contributed by atoms with van der Waals surface area (Å²) < 4.78 is 0. The molecule has 1 heterocycles. The van der Waals surface area contributed by atoms with Crippen LogP contribution in [0.4, 0.5) is 0 Å². The van der Waals surface area contributed by atoms with Crippen molar-refractivity contribution in [2.45, 2.75) is 25.9 Å². The zero-order valence-electron chi connectivity index (χ0n) is 7.00. The SMILES string of the molecule is CCC(O)Cc1ccc(Cl)cn1. The average Bonchev–Trinajstić information content (AvgIpc) is 2.09. The van der Waals surface area contributed by atoms with E-state index in [1.54, 1.807) is 12.3 Å². The zero-order valence-corrected chi connectivity index (χ0v) is 7.75. The summed E-state index contributed by atoms with van der Waals surface area (Å²) in [6, 6.07) is 3.62. The first-order valence-corrected chi connectivity index (χ1v) is 4.38. The van der Waals surface area contributed by atoms with Crippen LogP contribution in [0.5, 0.6) is 0 Å². The van der Waals surface area contributed by atoms with Crippen LogP contribution < -0.4 is 0 Å². The highest BCUT2D eigenvalue weighted by Crippen LogP contribution is 2.08. The molecular formula is C9H12ClNO. The summed E-state index contributed by atoms with van der Waals surface area (Å²) in [5, 5.41) is 9.94. The third-order valence-corrected chi connectivity index (χ3v) is 1.93. The van der Waals surface area contributed by atoms with Gasteiger partial charge in [-0.05, 0) is 18.6 Å². The summed E-state index contributed by atoms with van der Waals surface area (Å²) in [5.74, 6) is 0. The predicted octanol–water partition coefficient (Wildman–Crippen LogP) is 2.05. The van der Waals surface area contributed by atoms with E-state index in [1.807, 2.05) is 13.0 Å². The highest BCUT2D eigenvalue weighted by molar-refractivity contribution is 6.30. The number of hydrogen-bond acceptors (Lipinski definition) is 2. The minimum atomic E-state index is -0.293. The summed E-state index contributed by atoms with van der Waals surface area (Å²) >= 11 is 5.66. The number of aromatic nitrogens is 1. The van der Waals surface area contributed by atoms with Gasteiger partial charge in [-0.3, -0.25) is 4.98 Å². The van der Waals surface area contributed by atoms with Crippen molar-refractivity contribution in [3.8, 4) is 0 Å². The Bertz CT molecular complexity index is 235. The molecule has 0 bridgehead atoms. The van der Waals surface area contributed by atoms with Gasteiger partial charge in [0.25, 0.3) is 0 Å². The third kappa shape index (κ3) is 2.80. The quantitative estimate of drug-likeness (QED) is 0.782. The van der Waals surface area contributed by atoms with E-state index < -0.39 is 0 Å². The number of pyridine rings is 1. The molecule has 1 unspecified atom stereocenters. The monoisotopic (exact) mass is 185 g/mol. The molecule has 0 radical (unpaired) electrons. The first-order chi connectivity index (χ1) is 5.72. The Morgan fingerprint density at radius 2 is 2.33 bits per heavy atom. The van der Waals surface area contributed by atoms with Crippen LogP contribution in [0.1, 0.15) is 19.0 Å². The Hall–Kier alpha value is -0.600. The molecule has 12 heavy (non-hydrogen) atoms. The molecule has 2 nitrogen and oxygen atoms in total. The van der Waals surface area contributed by atoms with Gasteiger partial charge in [0.15, 0.2) is 0 Å². The molecular weight excluding hydrogens is 174 g/mol. The van der Waals surface area contributed by atoms with E-state index in [4.69, 9.17) is 11.6 Å². The number of rotatable bonds is 3. The van der Waals surface area contributed by atoms with Gasteiger partial charge < -0.3 is 5.11 Å². The fraction of sp³-hybridized carbons (Fsp3) is 0.444. The summed E-state index contributed by atoms with van der Waals surface area (Å²) in [6.45, 7) is 1.95. The fourth-order valence-corrected chi connectivity index (χ4v) is 1.02. The number of nitrogens with zero attached hydrogens (tertiary/aromatic N) is 1. The highest BCUT2D eigenvalue weighted by Gasteiger charge is 2.02. The summed E-state index contributed by atoms with van der Waals surface area (Å²) in [5.41, 5.74) is 0.883. The lowest BCUT2D eigenvalue weighted by Crippen LogP contribution is -2.09. The maximum Gasteiger partial charge on any atom is 0.0593 e. The van der Waals surface area contributed by atoms with Crippen molar-refractivity contribution in [2.75, 3.05) is 0 Å². The van der Waals surface area contributed by atoms with Crippen molar-refractivity contribution in [3.05, 3.63) is 29.0 Å². The summed E-state index contributed by atoms with van der Waals surface area (Å²) in [4.78, 5) is 4.07. The molecule has 0 aliphatic rings. The molecule has 66 valence electrons. The molecule has 0 fully saturated rings. The number of halogens is 1. The Labute approximate surface area is 77.2 Å². The van der Waals surface area contributed by atoms with Crippen molar-refractivity contribution < 1.29 is 5.11 Å². The third-order valence-electron chi connectivity index (χ3n) is 1.70. The van der Waals surface area contributed by atoms with Crippen LogP contribution in [0.3, 0.4) is 0 Å². The van der Waals surface area contributed by atoms with Crippen LogP contribution >= 0.6 is 11.6 Å². The molecule has 0 aliphatic heterocycles. The smallest absolute Gasteiger partial charge is 0.0593 e. The molecule has 0 aliphatic carbocycles. The fourth-order valence-electron chi connectivity index (χ4n) is 0.913.